The Morgan fingerprint density at radius 1 is 1.28 bits per heavy atom. The van der Waals surface area contributed by atoms with Crippen molar-refractivity contribution in [3.63, 3.8) is 0 Å². The van der Waals surface area contributed by atoms with Crippen molar-refractivity contribution in [2.75, 3.05) is 39.0 Å². The minimum Gasteiger partial charge on any atom is -0.550 e. The summed E-state index contributed by atoms with van der Waals surface area (Å²) in [4.78, 5) is 39.5. The summed E-state index contributed by atoms with van der Waals surface area (Å²) in [6.07, 6.45) is 2.86. The van der Waals surface area contributed by atoms with E-state index in [-0.39, 0.29) is 11.8 Å². The molecule has 0 saturated carbocycles. The van der Waals surface area contributed by atoms with E-state index in [0.717, 1.165) is 37.9 Å². The number of benzene rings is 1. The van der Waals surface area contributed by atoms with Crippen molar-refractivity contribution in [2.24, 2.45) is 5.92 Å². The highest BCUT2D eigenvalue weighted by Gasteiger charge is 2.28. The Morgan fingerprint density at radius 3 is 2.69 bits per heavy atom. The lowest BCUT2D eigenvalue weighted by atomic mass is 9.94. The summed E-state index contributed by atoms with van der Waals surface area (Å²) in [6.45, 7) is 3.13. The van der Waals surface area contributed by atoms with E-state index in [9.17, 15) is 19.5 Å². The van der Waals surface area contributed by atoms with E-state index in [4.69, 9.17) is 0 Å². The molecule has 1 fully saturated rings. The van der Waals surface area contributed by atoms with Crippen molar-refractivity contribution < 1.29 is 19.5 Å². The van der Waals surface area contributed by atoms with Crippen molar-refractivity contribution >= 4 is 23.5 Å². The lowest BCUT2D eigenvalue weighted by Gasteiger charge is -2.25. The van der Waals surface area contributed by atoms with E-state index >= 15 is 0 Å². The van der Waals surface area contributed by atoms with Crippen molar-refractivity contribution in [1.82, 2.24) is 15.1 Å². The number of carboxylic acid groups (broad SMARTS) is 1. The molecule has 1 aromatic rings. The third kappa shape index (κ3) is 5.26. The van der Waals surface area contributed by atoms with E-state index < -0.39 is 18.4 Å². The number of amides is 2. The fourth-order valence-electron chi connectivity index (χ4n) is 4.00. The molecule has 2 aliphatic rings. The molecule has 0 aliphatic carbocycles. The van der Waals surface area contributed by atoms with Crippen LogP contribution in [-0.4, -0.2) is 67.4 Å². The maximum Gasteiger partial charge on any atom is 0.253 e. The first-order chi connectivity index (χ1) is 13.8. The van der Waals surface area contributed by atoms with Gasteiger partial charge in [-0.2, -0.15) is 0 Å². The Bertz CT molecular complexity index is 776. The van der Waals surface area contributed by atoms with Gasteiger partial charge in [0, 0.05) is 50.8 Å². The first-order valence-corrected chi connectivity index (χ1v) is 10.2. The third-order valence-corrected chi connectivity index (χ3v) is 5.82. The molecule has 2 heterocycles. The van der Waals surface area contributed by atoms with E-state index in [2.05, 4.69) is 10.6 Å². The molecule has 2 amide bonds. The van der Waals surface area contributed by atoms with Gasteiger partial charge in [0.25, 0.3) is 5.91 Å². The van der Waals surface area contributed by atoms with Gasteiger partial charge < -0.3 is 30.3 Å². The highest BCUT2D eigenvalue weighted by molar-refractivity contribution is 5.96. The molecule has 29 heavy (non-hydrogen) atoms. The molecule has 2 aliphatic heterocycles. The summed E-state index contributed by atoms with van der Waals surface area (Å²) in [5.74, 6) is -1.04. The van der Waals surface area contributed by atoms with E-state index in [1.807, 2.05) is 6.07 Å². The van der Waals surface area contributed by atoms with Crippen LogP contribution in [0.25, 0.3) is 0 Å². The summed E-state index contributed by atoms with van der Waals surface area (Å²) < 4.78 is 0. The molecule has 1 saturated heterocycles. The number of piperidine rings is 1. The molecule has 1 unspecified atom stereocenters. The fourth-order valence-corrected chi connectivity index (χ4v) is 4.00. The van der Waals surface area contributed by atoms with Gasteiger partial charge in [0.1, 0.15) is 6.04 Å². The van der Waals surface area contributed by atoms with Crippen LogP contribution in [0.4, 0.5) is 5.69 Å². The molecular weight excluding hydrogens is 372 g/mol. The van der Waals surface area contributed by atoms with Crippen LogP contribution in [0.5, 0.6) is 0 Å². The number of likely N-dealkylation sites (N-methyl/N-ethyl adjacent to an activating group) is 1. The number of hydrogen-bond acceptors (Lipinski definition) is 6. The molecule has 0 aromatic heterocycles. The summed E-state index contributed by atoms with van der Waals surface area (Å²) >= 11 is 0. The Labute approximate surface area is 171 Å². The fraction of sp³-hybridized carbons (Fsp3) is 0.571. The van der Waals surface area contributed by atoms with Gasteiger partial charge in [-0.3, -0.25) is 9.59 Å². The van der Waals surface area contributed by atoms with Crippen LogP contribution in [0, 0.1) is 5.92 Å². The normalized spacial score (nSPS) is 19.9. The van der Waals surface area contributed by atoms with Crippen molar-refractivity contribution in [1.29, 1.82) is 0 Å². The zero-order valence-corrected chi connectivity index (χ0v) is 17.1. The highest BCUT2D eigenvalue weighted by atomic mass is 16.4. The van der Waals surface area contributed by atoms with Gasteiger partial charge in [0.2, 0.25) is 5.91 Å². The highest BCUT2D eigenvalue weighted by Crippen LogP contribution is 2.25. The number of carbonyl (C=O) groups is 3. The number of anilines is 1. The Morgan fingerprint density at radius 2 is 2.00 bits per heavy atom. The number of carboxylic acids is 1. The van der Waals surface area contributed by atoms with Gasteiger partial charge in [-0.1, -0.05) is 6.07 Å². The van der Waals surface area contributed by atoms with Crippen molar-refractivity contribution in [2.45, 2.75) is 38.3 Å². The zero-order valence-electron chi connectivity index (χ0n) is 17.1. The minimum absolute atomic E-state index is 0.0797. The second-order valence-electron chi connectivity index (χ2n) is 8.05. The van der Waals surface area contributed by atoms with Gasteiger partial charge in [0.15, 0.2) is 0 Å². The smallest absolute Gasteiger partial charge is 0.253 e. The van der Waals surface area contributed by atoms with Crippen LogP contribution in [-0.2, 0) is 16.1 Å². The monoisotopic (exact) mass is 401 g/mol. The molecule has 3 rings (SSSR count). The maximum absolute atomic E-state index is 12.9. The molecule has 8 heteroatoms. The molecule has 1 atom stereocenters. The van der Waals surface area contributed by atoms with Gasteiger partial charge in [0.05, 0.1) is 0 Å². The van der Waals surface area contributed by atoms with Gasteiger partial charge >= 0.3 is 0 Å². The lowest BCUT2D eigenvalue weighted by molar-refractivity contribution is -0.305. The molecular formula is C21H29N4O4-. The first-order valence-electron chi connectivity index (χ1n) is 10.2. The number of nitrogens with zero attached hydrogens (tertiary/aromatic N) is 2. The topological polar surface area (TPSA) is 105 Å². The predicted octanol–water partition coefficient (Wildman–Crippen LogP) is 0.0408. The van der Waals surface area contributed by atoms with Crippen molar-refractivity contribution in [3.05, 3.63) is 29.3 Å². The second-order valence-corrected chi connectivity index (χ2v) is 8.05. The largest absolute Gasteiger partial charge is 0.550 e. The van der Waals surface area contributed by atoms with Crippen LogP contribution >= 0.6 is 0 Å². The number of fused-ring (bicyclic) bond motifs is 1. The van der Waals surface area contributed by atoms with E-state index in [1.165, 1.54) is 4.90 Å². The molecule has 158 valence electrons. The third-order valence-electron chi connectivity index (χ3n) is 5.82. The van der Waals surface area contributed by atoms with Crippen molar-refractivity contribution in [3.8, 4) is 0 Å². The summed E-state index contributed by atoms with van der Waals surface area (Å²) in [5.41, 5.74) is 1.98. The minimum atomic E-state index is -1.29. The predicted molar refractivity (Wildman–Crippen MR) is 107 cm³/mol. The number of rotatable bonds is 6. The summed E-state index contributed by atoms with van der Waals surface area (Å²) in [6, 6.07) is 4.39. The standard InChI is InChI=1S/C21H30N4O4/c1-24(10-7-14-5-8-22-9-6-14)20(28)15-3-4-16-13-25(2)21(29)18(12-19(26)27)23-17(16)11-15/h3-4,11,14,18,22-23H,5-10,12-13H2,1-2H3,(H,26,27)/p-1. The lowest BCUT2D eigenvalue weighted by Crippen LogP contribution is -2.42. The molecule has 8 nitrogen and oxygen atoms in total. The number of aliphatic carboxylic acids is 1. The Hall–Kier alpha value is -2.61. The van der Waals surface area contributed by atoms with Crippen LogP contribution in [0.3, 0.4) is 0 Å². The average Bonchev–Trinajstić information content (AvgIpc) is 2.82. The van der Waals surface area contributed by atoms with Gasteiger partial charge in [-0.25, -0.2) is 0 Å². The zero-order chi connectivity index (χ0) is 21.0. The van der Waals surface area contributed by atoms with Crippen LogP contribution < -0.4 is 15.7 Å². The van der Waals surface area contributed by atoms with Crippen LogP contribution in [0.1, 0.15) is 41.6 Å². The molecule has 2 N–H and O–H groups in total. The summed E-state index contributed by atoms with van der Waals surface area (Å²) in [5, 5.41) is 17.4. The molecule has 0 radical (unpaired) electrons. The van der Waals surface area contributed by atoms with Gasteiger partial charge in [-0.05, 0) is 56.0 Å². The Balaban J connectivity index is 1.70. The maximum atomic E-state index is 12.9. The molecule has 0 bridgehead atoms. The average molecular weight is 401 g/mol. The SMILES string of the molecule is CN(CCC1CCNCC1)C(=O)c1ccc2c(c1)NC(CC(=O)[O-])C(=O)N(C)C2. The molecule has 0 spiro atoms. The number of nitrogens with one attached hydrogen (secondary N) is 2. The van der Waals surface area contributed by atoms with E-state index in [0.29, 0.717) is 30.3 Å². The number of carbonyl (C=O) groups excluding carboxylic acids is 3. The quantitative estimate of drug-likeness (QED) is 0.698. The molecule has 1 aromatic carbocycles. The van der Waals surface area contributed by atoms with E-state index in [1.54, 1.807) is 31.1 Å². The van der Waals surface area contributed by atoms with Crippen LogP contribution in [0.15, 0.2) is 18.2 Å². The van der Waals surface area contributed by atoms with Gasteiger partial charge in [-0.15, -0.1) is 0 Å². The second kappa shape index (κ2) is 9.26. The Kier molecular flexibility index (Phi) is 6.74. The first kappa shape index (κ1) is 21.1. The summed E-state index contributed by atoms with van der Waals surface area (Å²) in [7, 11) is 3.44. The number of hydrogen-bond donors (Lipinski definition) is 2. The van der Waals surface area contributed by atoms with Crippen LogP contribution in [0.2, 0.25) is 0 Å².